The first-order valence-corrected chi connectivity index (χ1v) is 10.9. The molecule has 1 fully saturated rings. The maximum atomic E-state index is 5.47. The summed E-state index contributed by atoms with van der Waals surface area (Å²) in [4.78, 5) is 10.2. The van der Waals surface area contributed by atoms with Crippen molar-refractivity contribution in [2.45, 2.75) is 25.9 Å². The lowest BCUT2D eigenvalue weighted by atomic mass is 10.3. The smallest absolute Gasteiger partial charge is 0.193 e. The van der Waals surface area contributed by atoms with Gasteiger partial charge in [-0.25, -0.2) is 9.97 Å². The molecule has 0 saturated carbocycles. The fourth-order valence-corrected chi connectivity index (χ4v) is 4.93. The molecular weight excluding hydrogens is 392 g/mol. The van der Waals surface area contributed by atoms with Gasteiger partial charge < -0.3 is 10.1 Å². The SMILES string of the molecule is Cc1nc(NCc2cccn2-c2nccs2)sc1-c1ccn(C2CCOC2)n1. The zero-order valence-corrected chi connectivity index (χ0v) is 17.0. The third kappa shape index (κ3) is 3.36. The molecule has 1 atom stereocenters. The van der Waals surface area contributed by atoms with Crippen molar-refractivity contribution in [2.75, 3.05) is 18.5 Å². The Bertz CT molecular complexity index is 1060. The van der Waals surface area contributed by atoms with Gasteiger partial charge >= 0.3 is 0 Å². The first-order valence-electron chi connectivity index (χ1n) is 9.18. The zero-order valence-electron chi connectivity index (χ0n) is 15.4. The van der Waals surface area contributed by atoms with Crippen LogP contribution in [0.25, 0.3) is 15.7 Å². The van der Waals surface area contributed by atoms with Crippen molar-refractivity contribution in [1.82, 2.24) is 24.3 Å². The first kappa shape index (κ1) is 17.6. The van der Waals surface area contributed by atoms with E-state index in [1.54, 1.807) is 22.7 Å². The topological polar surface area (TPSA) is 69.8 Å². The van der Waals surface area contributed by atoms with Crippen molar-refractivity contribution in [3.63, 3.8) is 0 Å². The number of thiazole rings is 2. The Morgan fingerprint density at radius 2 is 2.29 bits per heavy atom. The van der Waals surface area contributed by atoms with Crippen LogP contribution in [0.3, 0.4) is 0 Å². The molecule has 5 rings (SSSR count). The monoisotopic (exact) mass is 412 g/mol. The lowest BCUT2D eigenvalue weighted by Crippen LogP contribution is -2.08. The van der Waals surface area contributed by atoms with Crippen LogP contribution in [0, 0.1) is 6.92 Å². The van der Waals surface area contributed by atoms with Crippen LogP contribution in [0.4, 0.5) is 5.13 Å². The Balaban J connectivity index is 1.31. The summed E-state index contributed by atoms with van der Waals surface area (Å²) in [5.41, 5.74) is 3.12. The molecule has 0 radical (unpaired) electrons. The second-order valence-corrected chi connectivity index (χ2v) is 8.54. The molecule has 4 aromatic rings. The van der Waals surface area contributed by atoms with E-state index in [0.29, 0.717) is 12.6 Å². The summed E-state index contributed by atoms with van der Waals surface area (Å²) in [6, 6.07) is 6.55. The van der Waals surface area contributed by atoms with Gasteiger partial charge in [0.15, 0.2) is 10.3 Å². The first-order chi connectivity index (χ1) is 13.8. The molecule has 4 aromatic heterocycles. The van der Waals surface area contributed by atoms with E-state index >= 15 is 0 Å². The van der Waals surface area contributed by atoms with E-state index in [2.05, 4.69) is 27.0 Å². The van der Waals surface area contributed by atoms with Gasteiger partial charge in [0.05, 0.1) is 29.8 Å². The predicted octanol–water partition coefficient (Wildman–Crippen LogP) is 4.14. The van der Waals surface area contributed by atoms with Gasteiger partial charge in [0.1, 0.15) is 5.69 Å². The van der Waals surface area contributed by atoms with Crippen LogP contribution in [-0.2, 0) is 11.3 Å². The number of hydrogen-bond acceptors (Lipinski definition) is 7. The Morgan fingerprint density at radius 3 is 3.11 bits per heavy atom. The van der Waals surface area contributed by atoms with Crippen LogP contribution in [0.2, 0.25) is 0 Å². The number of aromatic nitrogens is 5. The van der Waals surface area contributed by atoms with Crippen LogP contribution in [-0.4, -0.2) is 37.5 Å². The van der Waals surface area contributed by atoms with Crippen LogP contribution in [0.5, 0.6) is 0 Å². The number of hydrogen-bond donors (Lipinski definition) is 1. The summed E-state index contributed by atoms with van der Waals surface area (Å²) in [6.45, 7) is 4.28. The summed E-state index contributed by atoms with van der Waals surface area (Å²) in [6.07, 6.45) is 6.93. The van der Waals surface area contributed by atoms with Crippen molar-refractivity contribution in [3.05, 3.63) is 53.6 Å². The summed E-state index contributed by atoms with van der Waals surface area (Å²) in [5.74, 6) is 0. The second kappa shape index (κ2) is 7.50. The Morgan fingerprint density at radius 1 is 1.32 bits per heavy atom. The lowest BCUT2D eigenvalue weighted by Gasteiger charge is -2.07. The number of anilines is 1. The van der Waals surface area contributed by atoms with Crippen molar-refractivity contribution >= 4 is 27.8 Å². The molecule has 1 saturated heterocycles. The van der Waals surface area contributed by atoms with Crippen LogP contribution >= 0.6 is 22.7 Å². The van der Waals surface area contributed by atoms with E-state index in [9.17, 15) is 0 Å². The van der Waals surface area contributed by atoms with E-state index in [0.717, 1.165) is 51.9 Å². The molecule has 9 heteroatoms. The Hall–Kier alpha value is -2.49. The fourth-order valence-electron chi connectivity index (χ4n) is 3.35. The highest BCUT2D eigenvalue weighted by atomic mass is 32.1. The molecule has 1 aliphatic rings. The molecule has 28 heavy (non-hydrogen) atoms. The third-order valence-corrected chi connectivity index (χ3v) is 6.70. The minimum absolute atomic E-state index is 0.346. The van der Waals surface area contributed by atoms with Crippen molar-refractivity contribution in [2.24, 2.45) is 0 Å². The number of ether oxygens (including phenoxy) is 1. The summed E-state index contributed by atoms with van der Waals surface area (Å²) in [7, 11) is 0. The maximum Gasteiger partial charge on any atom is 0.193 e. The molecule has 0 amide bonds. The molecule has 1 aliphatic heterocycles. The normalized spacial score (nSPS) is 16.7. The highest BCUT2D eigenvalue weighted by Gasteiger charge is 2.20. The standard InChI is InChI=1S/C19H20N6OS2/c1-13-17(16-4-8-25(23-16)15-5-9-26-12-15)28-18(22-13)21-11-14-3-2-7-24(14)19-20-6-10-27-19/h2-4,6-8,10,15H,5,9,11-12H2,1H3,(H,21,22). The van der Waals surface area contributed by atoms with Crippen LogP contribution in [0.1, 0.15) is 23.9 Å². The molecule has 0 aromatic carbocycles. The van der Waals surface area contributed by atoms with E-state index in [4.69, 9.17) is 14.8 Å². The van der Waals surface area contributed by atoms with Crippen molar-refractivity contribution < 1.29 is 4.74 Å². The molecule has 0 spiro atoms. The predicted molar refractivity (Wildman–Crippen MR) is 111 cm³/mol. The summed E-state index contributed by atoms with van der Waals surface area (Å²) >= 11 is 3.27. The quantitative estimate of drug-likeness (QED) is 0.515. The van der Waals surface area contributed by atoms with E-state index < -0.39 is 0 Å². The Kier molecular flexibility index (Phi) is 4.71. The lowest BCUT2D eigenvalue weighted by molar-refractivity contribution is 0.184. The van der Waals surface area contributed by atoms with Gasteiger partial charge in [0, 0.05) is 36.3 Å². The largest absolute Gasteiger partial charge is 0.379 e. The van der Waals surface area contributed by atoms with E-state index in [1.807, 2.05) is 41.6 Å². The Labute approximate surface area is 170 Å². The molecule has 5 heterocycles. The van der Waals surface area contributed by atoms with Crippen LogP contribution < -0.4 is 5.32 Å². The fraction of sp³-hybridized carbons (Fsp3) is 0.316. The van der Waals surface area contributed by atoms with E-state index in [1.165, 1.54) is 0 Å². The zero-order chi connectivity index (χ0) is 18.9. The van der Waals surface area contributed by atoms with Crippen molar-refractivity contribution in [1.29, 1.82) is 0 Å². The van der Waals surface area contributed by atoms with Crippen molar-refractivity contribution in [3.8, 4) is 15.7 Å². The third-order valence-electron chi connectivity index (χ3n) is 4.80. The van der Waals surface area contributed by atoms with Gasteiger partial charge in [0.25, 0.3) is 0 Å². The van der Waals surface area contributed by atoms with Gasteiger partial charge in [-0.1, -0.05) is 11.3 Å². The maximum absolute atomic E-state index is 5.47. The molecular formula is C19H20N6OS2. The average Bonchev–Trinajstić information content (AvgIpc) is 3.51. The van der Waals surface area contributed by atoms with Gasteiger partial charge in [-0.05, 0) is 31.5 Å². The number of nitrogens with one attached hydrogen (secondary N) is 1. The highest BCUT2D eigenvalue weighted by Crippen LogP contribution is 2.32. The van der Waals surface area contributed by atoms with Gasteiger partial charge in [-0.2, -0.15) is 5.10 Å². The molecule has 0 aliphatic carbocycles. The van der Waals surface area contributed by atoms with E-state index in [-0.39, 0.29) is 0 Å². The average molecular weight is 413 g/mol. The van der Waals surface area contributed by atoms with Gasteiger partial charge in [-0.15, -0.1) is 11.3 Å². The minimum Gasteiger partial charge on any atom is -0.379 e. The molecule has 144 valence electrons. The number of rotatable bonds is 6. The molecule has 1 unspecified atom stereocenters. The van der Waals surface area contributed by atoms with Gasteiger partial charge in [-0.3, -0.25) is 9.25 Å². The summed E-state index contributed by atoms with van der Waals surface area (Å²) in [5, 5.41) is 12.1. The number of aryl methyl sites for hydroxylation is 1. The molecule has 0 bridgehead atoms. The number of nitrogens with zero attached hydrogens (tertiary/aromatic N) is 5. The van der Waals surface area contributed by atoms with Crippen LogP contribution in [0.15, 0.2) is 42.2 Å². The van der Waals surface area contributed by atoms with Gasteiger partial charge in [0.2, 0.25) is 0 Å². The minimum atomic E-state index is 0.346. The summed E-state index contributed by atoms with van der Waals surface area (Å²) < 4.78 is 9.60. The second-order valence-electron chi connectivity index (χ2n) is 6.67. The molecule has 1 N–H and O–H groups in total. The highest BCUT2D eigenvalue weighted by molar-refractivity contribution is 7.19. The molecule has 7 nitrogen and oxygen atoms in total.